The molecule has 9 heteroatoms. The monoisotopic (exact) mass is 409 g/mol. The summed E-state index contributed by atoms with van der Waals surface area (Å²) in [6.07, 6.45) is 4.84. The summed E-state index contributed by atoms with van der Waals surface area (Å²) >= 11 is 1.48. The first-order valence-electron chi connectivity index (χ1n) is 9.13. The van der Waals surface area contributed by atoms with E-state index in [1.54, 1.807) is 17.6 Å². The van der Waals surface area contributed by atoms with Gasteiger partial charge in [0.15, 0.2) is 0 Å². The molecule has 2 amide bonds. The van der Waals surface area contributed by atoms with E-state index in [2.05, 4.69) is 25.6 Å². The number of nitrogens with zero attached hydrogens (tertiary/aromatic N) is 3. The lowest BCUT2D eigenvalue weighted by Gasteiger charge is -2.11. The second-order valence-electron chi connectivity index (χ2n) is 6.75. The van der Waals surface area contributed by atoms with E-state index in [-0.39, 0.29) is 30.5 Å². The van der Waals surface area contributed by atoms with Crippen LogP contribution in [-0.4, -0.2) is 32.8 Å². The Kier molecular flexibility index (Phi) is 5.48. The third kappa shape index (κ3) is 4.94. The molecular weight excluding hydrogens is 390 g/mol. The highest BCUT2D eigenvalue weighted by molar-refractivity contribution is 7.07. The Morgan fingerprint density at radius 1 is 1.14 bits per heavy atom. The first kappa shape index (κ1) is 19.0. The van der Waals surface area contributed by atoms with Gasteiger partial charge in [-0.3, -0.25) is 9.59 Å². The molecule has 1 aliphatic carbocycles. The average molecular weight is 409 g/mol. The Balaban J connectivity index is 1.39. The van der Waals surface area contributed by atoms with Gasteiger partial charge in [-0.15, -0.1) is 11.3 Å². The summed E-state index contributed by atoms with van der Waals surface area (Å²) in [5.74, 6) is -0.494. The van der Waals surface area contributed by atoms with Crippen LogP contribution in [0.15, 0.2) is 41.5 Å². The van der Waals surface area contributed by atoms with Crippen LogP contribution in [0.5, 0.6) is 6.01 Å². The highest BCUT2D eigenvalue weighted by Crippen LogP contribution is 2.22. The number of anilines is 1. The largest absolute Gasteiger partial charge is 0.457 e. The Morgan fingerprint density at radius 2 is 1.93 bits per heavy atom. The van der Waals surface area contributed by atoms with Crippen LogP contribution in [-0.2, 0) is 6.61 Å². The van der Waals surface area contributed by atoms with Gasteiger partial charge in [0, 0.05) is 35.1 Å². The molecule has 1 aromatic carbocycles. The van der Waals surface area contributed by atoms with Crippen molar-refractivity contribution in [2.75, 3.05) is 5.32 Å². The Bertz CT molecular complexity index is 1020. The molecule has 0 unspecified atom stereocenters. The molecule has 8 nitrogen and oxygen atoms in total. The molecule has 2 N–H and O–H groups in total. The summed E-state index contributed by atoms with van der Waals surface area (Å²) in [6.45, 7) is 2.13. The van der Waals surface area contributed by atoms with E-state index in [0.717, 1.165) is 24.1 Å². The molecule has 1 saturated carbocycles. The molecule has 0 bridgehead atoms. The van der Waals surface area contributed by atoms with Crippen molar-refractivity contribution in [2.45, 2.75) is 32.4 Å². The van der Waals surface area contributed by atoms with Crippen molar-refractivity contribution in [3.8, 4) is 6.01 Å². The summed E-state index contributed by atoms with van der Waals surface area (Å²) in [5.41, 5.74) is 4.74. The van der Waals surface area contributed by atoms with Crippen molar-refractivity contribution >= 4 is 28.8 Å². The molecule has 2 heterocycles. The maximum atomic E-state index is 12.6. The van der Waals surface area contributed by atoms with Gasteiger partial charge in [0.2, 0.25) is 0 Å². The maximum absolute atomic E-state index is 12.6. The minimum absolute atomic E-state index is 0.132. The zero-order valence-corrected chi connectivity index (χ0v) is 16.5. The molecule has 0 spiro atoms. The minimum Gasteiger partial charge on any atom is -0.457 e. The van der Waals surface area contributed by atoms with E-state index in [1.165, 1.54) is 23.7 Å². The Labute approximate surface area is 171 Å². The number of carbonyl (C=O) groups excluding carboxylic acids is 2. The second-order valence-corrected chi connectivity index (χ2v) is 7.47. The topological polar surface area (TPSA) is 106 Å². The summed E-state index contributed by atoms with van der Waals surface area (Å²) in [7, 11) is 0. The van der Waals surface area contributed by atoms with Gasteiger partial charge in [-0.25, -0.2) is 15.0 Å². The first-order valence-corrected chi connectivity index (χ1v) is 10.1. The smallest absolute Gasteiger partial charge is 0.316 e. The number of hydrogen-bond acceptors (Lipinski definition) is 7. The molecule has 0 saturated heterocycles. The van der Waals surface area contributed by atoms with E-state index >= 15 is 0 Å². The van der Waals surface area contributed by atoms with Crippen molar-refractivity contribution in [3.05, 3.63) is 63.9 Å². The lowest BCUT2D eigenvalue weighted by molar-refractivity contribution is 0.0949. The molecule has 1 aliphatic rings. The predicted molar refractivity (Wildman–Crippen MR) is 108 cm³/mol. The lowest BCUT2D eigenvalue weighted by Crippen LogP contribution is -2.25. The number of hydrogen-bond donors (Lipinski definition) is 2. The number of thiazole rings is 1. The molecule has 0 atom stereocenters. The van der Waals surface area contributed by atoms with Gasteiger partial charge in [-0.1, -0.05) is 6.07 Å². The fourth-order valence-corrected chi connectivity index (χ4v) is 3.09. The molecule has 4 rings (SSSR count). The molecule has 148 valence electrons. The van der Waals surface area contributed by atoms with E-state index in [0.29, 0.717) is 16.8 Å². The van der Waals surface area contributed by atoms with Crippen molar-refractivity contribution in [2.24, 2.45) is 0 Å². The molecule has 0 aliphatic heterocycles. The predicted octanol–water partition coefficient (Wildman–Crippen LogP) is 2.97. The van der Waals surface area contributed by atoms with Gasteiger partial charge in [0.1, 0.15) is 6.61 Å². The summed E-state index contributed by atoms with van der Waals surface area (Å²) < 4.78 is 5.45. The fraction of sp³-hybridized carbons (Fsp3) is 0.250. The lowest BCUT2D eigenvalue weighted by atomic mass is 10.1. The first-order chi connectivity index (χ1) is 14.1. The van der Waals surface area contributed by atoms with Gasteiger partial charge in [-0.2, -0.15) is 0 Å². The highest BCUT2D eigenvalue weighted by Gasteiger charge is 2.24. The molecule has 1 fully saturated rings. The standard InChI is InChI=1S/C20H19N5O3S/c1-12-2-3-13(18(26)24-15-4-5-15)6-17(12)25-19(27)14-7-21-20(22-8-14)28-9-16-10-29-11-23-16/h2-3,6-8,10-11,15H,4-5,9H2,1H3,(H,24,26)(H,25,27). The number of benzene rings is 1. The fourth-order valence-electron chi connectivity index (χ4n) is 2.54. The number of aryl methyl sites for hydroxylation is 1. The summed E-state index contributed by atoms with van der Waals surface area (Å²) in [6, 6.07) is 5.68. The molecular formula is C20H19N5O3S. The van der Waals surface area contributed by atoms with Crippen molar-refractivity contribution in [3.63, 3.8) is 0 Å². The zero-order chi connectivity index (χ0) is 20.2. The number of amides is 2. The Morgan fingerprint density at radius 3 is 2.62 bits per heavy atom. The summed E-state index contributed by atoms with van der Waals surface area (Å²) in [4.78, 5) is 37.0. The van der Waals surface area contributed by atoms with E-state index < -0.39 is 0 Å². The molecule has 2 aromatic heterocycles. The van der Waals surface area contributed by atoms with Gasteiger partial charge < -0.3 is 15.4 Å². The quantitative estimate of drug-likeness (QED) is 0.621. The van der Waals surface area contributed by atoms with Gasteiger partial charge in [0.25, 0.3) is 11.8 Å². The SMILES string of the molecule is Cc1ccc(C(=O)NC2CC2)cc1NC(=O)c1cnc(OCc2cscn2)nc1. The number of aromatic nitrogens is 3. The van der Waals surface area contributed by atoms with Crippen molar-refractivity contribution in [1.82, 2.24) is 20.3 Å². The summed E-state index contributed by atoms with van der Waals surface area (Å²) in [5, 5.41) is 7.64. The molecule has 29 heavy (non-hydrogen) atoms. The average Bonchev–Trinajstić information content (AvgIpc) is 3.38. The second kappa shape index (κ2) is 8.36. The normalized spacial score (nSPS) is 13.0. The van der Waals surface area contributed by atoms with Crippen LogP contribution in [0.1, 0.15) is 44.8 Å². The number of rotatable bonds is 7. The minimum atomic E-state index is -0.362. The van der Waals surface area contributed by atoms with Crippen LogP contribution in [0.4, 0.5) is 5.69 Å². The third-order valence-corrected chi connectivity index (χ3v) is 5.02. The zero-order valence-electron chi connectivity index (χ0n) is 15.7. The Hall–Kier alpha value is -3.33. The van der Waals surface area contributed by atoms with E-state index in [1.807, 2.05) is 18.4 Å². The van der Waals surface area contributed by atoms with E-state index in [9.17, 15) is 9.59 Å². The van der Waals surface area contributed by atoms with E-state index in [4.69, 9.17) is 4.74 Å². The number of carbonyl (C=O) groups is 2. The number of ether oxygens (including phenoxy) is 1. The molecule has 0 radical (unpaired) electrons. The van der Waals surface area contributed by atoms with Crippen LogP contribution in [0.3, 0.4) is 0 Å². The van der Waals surface area contributed by atoms with Crippen LogP contribution >= 0.6 is 11.3 Å². The van der Waals surface area contributed by atoms with Gasteiger partial charge >= 0.3 is 6.01 Å². The third-order valence-electron chi connectivity index (χ3n) is 4.38. The molecule has 3 aromatic rings. The van der Waals surface area contributed by atoms with Crippen LogP contribution in [0.25, 0.3) is 0 Å². The van der Waals surface area contributed by atoms with Gasteiger partial charge in [-0.05, 0) is 37.5 Å². The highest BCUT2D eigenvalue weighted by atomic mass is 32.1. The van der Waals surface area contributed by atoms with Crippen LogP contribution in [0.2, 0.25) is 0 Å². The van der Waals surface area contributed by atoms with Gasteiger partial charge in [0.05, 0.1) is 16.8 Å². The maximum Gasteiger partial charge on any atom is 0.316 e. The van der Waals surface area contributed by atoms with Crippen LogP contribution in [0, 0.1) is 6.92 Å². The number of nitrogens with one attached hydrogen (secondary N) is 2. The van der Waals surface area contributed by atoms with Crippen LogP contribution < -0.4 is 15.4 Å². The van der Waals surface area contributed by atoms with Crippen molar-refractivity contribution in [1.29, 1.82) is 0 Å². The van der Waals surface area contributed by atoms with Crippen molar-refractivity contribution < 1.29 is 14.3 Å².